The maximum absolute atomic E-state index is 13.2. The number of ether oxygens (including phenoxy) is 1. The van der Waals surface area contributed by atoms with Crippen LogP contribution in [0.25, 0.3) is 0 Å². The Kier molecular flexibility index (Phi) is 4.11. The Bertz CT molecular complexity index is 628. The number of halogens is 1. The summed E-state index contributed by atoms with van der Waals surface area (Å²) >= 11 is 0. The predicted octanol–water partition coefficient (Wildman–Crippen LogP) is 0.877. The summed E-state index contributed by atoms with van der Waals surface area (Å²) in [5, 5.41) is 12.6. The van der Waals surface area contributed by atoms with Gasteiger partial charge in [0.05, 0.1) is 5.56 Å². The molecule has 0 spiro atoms. The molecule has 0 aliphatic heterocycles. The van der Waals surface area contributed by atoms with Gasteiger partial charge >= 0.3 is 0 Å². The first-order chi connectivity index (χ1) is 9.20. The largest absolute Gasteiger partial charge is 0.484 e. The zero-order valence-electron chi connectivity index (χ0n) is 10.3. The standard InChI is InChI=1S/C13H12FN3O2/c1-17-13(15-9-16-17)8-19-12-7-11(14)5-4-10(12)3-2-6-18/h4-5,7,9,18H,6,8H2,1H3. The highest BCUT2D eigenvalue weighted by Crippen LogP contribution is 2.20. The molecule has 6 heteroatoms. The SMILES string of the molecule is Cn1ncnc1COc1cc(F)ccc1C#CCO. The molecule has 19 heavy (non-hydrogen) atoms. The van der Waals surface area contributed by atoms with Crippen LogP contribution in [0.15, 0.2) is 24.5 Å². The molecule has 0 unspecified atom stereocenters. The van der Waals surface area contributed by atoms with Crippen LogP contribution in [0.4, 0.5) is 4.39 Å². The molecule has 98 valence electrons. The number of rotatable bonds is 3. The number of aliphatic hydroxyl groups is 1. The first-order valence-corrected chi connectivity index (χ1v) is 5.55. The number of aromatic nitrogens is 3. The highest BCUT2D eigenvalue weighted by atomic mass is 19.1. The molecule has 2 rings (SSSR count). The minimum Gasteiger partial charge on any atom is -0.484 e. The lowest BCUT2D eigenvalue weighted by atomic mass is 10.2. The fourth-order valence-corrected chi connectivity index (χ4v) is 1.45. The van der Waals surface area contributed by atoms with Crippen molar-refractivity contribution in [2.75, 3.05) is 6.61 Å². The summed E-state index contributed by atoms with van der Waals surface area (Å²) in [4.78, 5) is 4.00. The molecular formula is C13H12FN3O2. The maximum Gasteiger partial charge on any atom is 0.164 e. The van der Waals surface area contributed by atoms with Gasteiger partial charge in [-0.3, -0.25) is 4.68 Å². The monoisotopic (exact) mass is 261 g/mol. The summed E-state index contributed by atoms with van der Waals surface area (Å²) in [6, 6.07) is 4.04. The quantitative estimate of drug-likeness (QED) is 0.833. The smallest absolute Gasteiger partial charge is 0.164 e. The van der Waals surface area contributed by atoms with Gasteiger partial charge < -0.3 is 9.84 Å². The molecule has 2 aromatic rings. The number of aryl methyl sites for hydroxylation is 1. The van der Waals surface area contributed by atoms with Crippen molar-refractivity contribution in [2.24, 2.45) is 7.05 Å². The topological polar surface area (TPSA) is 60.2 Å². The normalized spacial score (nSPS) is 9.84. The van der Waals surface area contributed by atoms with E-state index < -0.39 is 5.82 Å². The van der Waals surface area contributed by atoms with Crippen molar-refractivity contribution in [3.8, 4) is 17.6 Å². The van der Waals surface area contributed by atoms with Gasteiger partial charge in [0.1, 0.15) is 31.1 Å². The van der Waals surface area contributed by atoms with E-state index in [2.05, 4.69) is 21.9 Å². The first-order valence-electron chi connectivity index (χ1n) is 5.55. The van der Waals surface area contributed by atoms with E-state index >= 15 is 0 Å². The maximum atomic E-state index is 13.2. The zero-order chi connectivity index (χ0) is 13.7. The second-order valence-electron chi connectivity index (χ2n) is 3.69. The van der Waals surface area contributed by atoms with Gasteiger partial charge in [-0.25, -0.2) is 9.37 Å². The van der Waals surface area contributed by atoms with E-state index in [0.717, 1.165) is 0 Å². The van der Waals surface area contributed by atoms with E-state index in [4.69, 9.17) is 9.84 Å². The Morgan fingerprint density at radius 1 is 1.47 bits per heavy atom. The van der Waals surface area contributed by atoms with E-state index in [9.17, 15) is 4.39 Å². The third kappa shape index (κ3) is 3.30. The molecule has 1 heterocycles. The summed E-state index contributed by atoms with van der Waals surface area (Å²) in [5.74, 6) is 5.71. The molecule has 0 saturated heterocycles. The van der Waals surface area contributed by atoms with Crippen molar-refractivity contribution >= 4 is 0 Å². The van der Waals surface area contributed by atoms with Crippen LogP contribution in [0.5, 0.6) is 5.75 Å². The Morgan fingerprint density at radius 2 is 2.32 bits per heavy atom. The molecule has 5 nitrogen and oxygen atoms in total. The fourth-order valence-electron chi connectivity index (χ4n) is 1.45. The molecule has 0 atom stereocenters. The zero-order valence-corrected chi connectivity index (χ0v) is 10.3. The van der Waals surface area contributed by atoms with Gasteiger partial charge in [-0.15, -0.1) is 0 Å². The Hall–Kier alpha value is -2.39. The lowest BCUT2D eigenvalue weighted by Crippen LogP contribution is -2.05. The molecular weight excluding hydrogens is 249 g/mol. The molecule has 0 amide bonds. The van der Waals surface area contributed by atoms with Crippen LogP contribution < -0.4 is 4.74 Å². The first kappa shape index (κ1) is 13.1. The number of benzene rings is 1. The van der Waals surface area contributed by atoms with Gasteiger partial charge in [0.2, 0.25) is 0 Å². The predicted molar refractivity (Wildman–Crippen MR) is 65.7 cm³/mol. The highest BCUT2D eigenvalue weighted by molar-refractivity contribution is 5.46. The number of nitrogens with zero attached hydrogens (tertiary/aromatic N) is 3. The minimum atomic E-state index is -0.414. The van der Waals surface area contributed by atoms with Crippen LogP contribution in [-0.4, -0.2) is 26.5 Å². The fraction of sp³-hybridized carbons (Fsp3) is 0.231. The molecule has 1 N–H and O–H groups in total. The van der Waals surface area contributed by atoms with Gasteiger partial charge in [0.25, 0.3) is 0 Å². The summed E-state index contributed by atoms with van der Waals surface area (Å²) in [7, 11) is 1.74. The Labute approximate surface area is 109 Å². The van der Waals surface area contributed by atoms with Gasteiger partial charge in [0.15, 0.2) is 5.82 Å². The van der Waals surface area contributed by atoms with E-state index in [1.807, 2.05) is 0 Å². The van der Waals surface area contributed by atoms with Crippen LogP contribution in [-0.2, 0) is 13.7 Å². The summed E-state index contributed by atoms with van der Waals surface area (Å²) < 4.78 is 20.3. The summed E-state index contributed by atoms with van der Waals surface area (Å²) in [6.07, 6.45) is 1.41. The van der Waals surface area contributed by atoms with E-state index in [1.54, 1.807) is 11.7 Å². The van der Waals surface area contributed by atoms with Gasteiger partial charge in [-0.2, -0.15) is 5.10 Å². The lowest BCUT2D eigenvalue weighted by molar-refractivity contribution is 0.287. The number of hydrogen-bond acceptors (Lipinski definition) is 4. The van der Waals surface area contributed by atoms with Crippen molar-refractivity contribution < 1.29 is 14.2 Å². The second-order valence-corrected chi connectivity index (χ2v) is 3.69. The lowest BCUT2D eigenvalue weighted by Gasteiger charge is -2.07. The Balaban J connectivity index is 2.18. The summed E-state index contributed by atoms with van der Waals surface area (Å²) in [5.41, 5.74) is 0.512. The molecule has 0 aliphatic carbocycles. The highest BCUT2D eigenvalue weighted by Gasteiger charge is 2.06. The average Bonchev–Trinajstić information content (AvgIpc) is 2.81. The summed E-state index contributed by atoms with van der Waals surface area (Å²) in [6.45, 7) is -0.103. The number of hydrogen-bond donors (Lipinski definition) is 1. The average molecular weight is 261 g/mol. The van der Waals surface area contributed by atoms with Crippen molar-refractivity contribution in [3.05, 3.63) is 41.7 Å². The van der Waals surface area contributed by atoms with E-state index in [0.29, 0.717) is 17.1 Å². The van der Waals surface area contributed by atoms with Gasteiger partial charge in [-0.1, -0.05) is 11.8 Å². The van der Waals surface area contributed by atoms with E-state index in [1.165, 1.54) is 24.5 Å². The van der Waals surface area contributed by atoms with Crippen molar-refractivity contribution in [2.45, 2.75) is 6.61 Å². The molecule has 0 radical (unpaired) electrons. The van der Waals surface area contributed by atoms with Crippen molar-refractivity contribution in [3.63, 3.8) is 0 Å². The number of aliphatic hydroxyl groups excluding tert-OH is 1. The van der Waals surface area contributed by atoms with Crippen LogP contribution in [0.3, 0.4) is 0 Å². The van der Waals surface area contributed by atoms with Crippen LogP contribution >= 0.6 is 0 Å². The minimum absolute atomic E-state index is 0.160. The molecule has 1 aromatic heterocycles. The third-order valence-electron chi connectivity index (χ3n) is 2.41. The molecule has 0 bridgehead atoms. The molecule has 0 saturated carbocycles. The van der Waals surface area contributed by atoms with Crippen LogP contribution in [0, 0.1) is 17.7 Å². The molecule has 0 aliphatic rings. The Morgan fingerprint density at radius 3 is 3.00 bits per heavy atom. The second kappa shape index (κ2) is 5.98. The van der Waals surface area contributed by atoms with Gasteiger partial charge in [0, 0.05) is 13.1 Å². The molecule has 0 fully saturated rings. The van der Waals surface area contributed by atoms with Crippen LogP contribution in [0.2, 0.25) is 0 Å². The van der Waals surface area contributed by atoms with Crippen molar-refractivity contribution in [1.82, 2.24) is 14.8 Å². The molecule has 1 aromatic carbocycles. The third-order valence-corrected chi connectivity index (χ3v) is 2.41. The van der Waals surface area contributed by atoms with Crippen molar-refractivity contribution in [1.29, 1.82) is 0 Å². The van der Waals surface area contributed by atoms with Gasteiger partial charge in [-0.05, 0) is 12.1 Å². The van der Waals surface area contributed by atoms with E-state index in [-0.39, 0.29) is 13.2 Å². The van der Waals surface area contributed by atoms with Crippen LogP contribution in [0.1, 0.15) is 11.4 Å².